The average molecular weight is 384 g/mol. The fraction of sp³-hybridized carbons (Fsp3) is 0.450. The summed E-state index contributed by atoms with van der Waals surface area (Å²) in [6.07, 6.45) is 2.65. The lowest BCUT2D eigenvalue weighted by Crippen LogP contribution is -2.42. The molecule has 2 amide bonds. The van der Waals surface area contributed by atoms with Crippen molar-refractivity contribution >= 4 is 17.5 Å². The van der Waals surface area contributed by atoms with Crippen LogP contribution in [-0.4, -0.2) is 33.7 Å². The molecule has 2 aromatic rings. The first-order valence-electron chi connectivity index (χ1n) is 9.45. The number of rotatable bonds is 3. The van der Waals surface area contributed by atoms with Crippen molar-refractivity contribution < 1.29 is 19.1 Å². The zero-order valence-electron chi connectivity index (χ0n) is 16.3. The van der Waals surface area contributed by atoms with Crippen LogP contribution in [0.5, 0.6) is 11.5 Å². The Balaban J connectivity index is 1.62. The zero-order chi connectivity index (χ0) is 19.9. The van der Waals surface area contributed by atoms with Crippen LogP contribution in [-0.2, 0) is 13.0 Å². The van der Waals surface area contributed by atoms with Crippen LogP contribution in [0.1, 0.15) is 60.4 Å². The standard InChI is InChI=1S/C20H24N4O4/c1-20(2,3)23-19(26)17-22-16(13-6-4-5-9-24(13)17)18(25)21-12-7-8-14-15(10-12)28-11-27-14/h7-8,10H,4-6,9,11H2,1-3H3,(H,21,25)(H,23,26). The Morgan fingerprint density at radius 1 is 1.11 bits per heavy atom. The molecular formula is C20H24N4O4. The lowest BCUT2D eigenvalue weighted by atomic mass is 10.1. The molecule has 3 heterocycles. The number of amides is 2. The van der Waals surface area contributed by atoms with Crippen molar-refractivity contribution in [3.05, 3.63) is 35.4 Å². The molecular weight excluding hydrogens is 360 g/mol. The Hall–Kier alpha value is -3.03. The predicted octanol–water partition coefficient (Wildman–Crippen LogP) is 2.73. The second-order valence-corrected chi connectivity index (χ2v) is 8.07. The Bertz CT molecular complexity index is 942. The predicted molar refractivity (Wildman–Crippen MR) is 103 cm³/mol. The molecule has 1 aromatic heterocycles. The number of nitrogens with zero attached hydrogens (tertiary/aromatic N) is 2. The Kier molecular flexibility index (Phi) is 4.49. The summed E-state index contributed by atoms with van der Waals surface area (Å²) in [6.45, 7) is 6.61. The molecule has 0 bridgehead atoms. The highest BCUT2D eigenvalue weighted by Crippen LogP contribution is 2.34. The van der Waals surface area contributed by atoms with Gasteiger partial charge in [-0.05, 0) is 52.2 Å². The second kappa shape index (κ2) is 6.85. The summed E-state index contributed by atoms with van der Waals surface area (Å²) >= 11 is 0. The summed E-state index contributed by atoms with van der Waals surface area (Å²) < 4.78 is 12.5. The van der Waals surface area contributed by atoms with Crippen molar-refractivity contribution in [2.45, 2.75) is 52.1 Å². The van der Waals surface area contributed by atoms with E-state index in [4.69, 9.17) is 9.47 Å². The van der Waals surface area contributed by atoms with Gasteiger partial charge in [0, 0.05) is 23.8 Å². The van der Waals surface area contributed by atoms with E-state index >= 15 is 0 Å². The molecule has 0 saturated heterocycles. The van der Waals surface area contributed by atoms with E-state index in [1.165, 1.54) is 0 Å². The molecule has 0 fully saturated rings. The van der Waals surface area contributed by atoms with Gasteiger partial charge in [-0.25, -0.2) is 4.98 Å². The highest BCUT2D eigenvalue weighted by atomic mass is 16.7. The summed E-state index contributed by atoms with van der Waals surface area (Å²) in [5.74, 6) is 0.936. The lowest BCUT2D eigenvalue weighted by molar-refractivity contribution is 0.0903. The van der Waals surface area contributed by atoms with Crippen molar-refractivity contribution in [1.82, 2.24) is 14.9 Å². The van der Waals surface area contributed by atoms with Crippen LogP contribution in [0.15, 0.2) is 18.2 Å². The van der Waals surface area contributed by atoms with E-state index in [9.17, 15) is 9.59 Å². The maximum Gasteiger partial charge on any atom is 0.287 e. The first-order valence-corrected chi connectivity index (χ1v) is 9.45. The van der Waals surface area contributed by atoms with Gasteiger partial charge < -0.3 is 24.7 Å². The highest BCUT2D eigenvalue weighted by Gasteiger charge is 2.29. The van der Waals surface area contributed by atoms with Gasteiger partial charge in [0.25, 0.3) is 11.8 Å². The topological polar surface area (TPSA) is 94.5 Å². The molecule has 0 atom stereocenters. The fourth-order valence-electron chi connectivity index (χ4n) is 3.46. The molecule has 2 N–H and O–H groups in total. The van der Waals surface area contributed by atoms with E-state index in [1.807, 2.05) is 25.3 Å². The molecule has 4 rings (SSSR count). The third kappa shape index (κ3) is 3.54. The molecule has 2 aliphatic heterocycles. The molecule has 0 aliphatic carbocycles. The normalized spacial score (nSPS) is 15.1. The van der Waals surface area contributed by atoms with Crippen LogP contribution in [0.4, 0.5) is 5.69 Å². The number of aromatic nitrogens is 2. The Morgan fingerprint density at radius 3 is 2.68 bits per heavy atom. The van der Waals surface area contributed by atoms with Crippen LogP contribution in [0.3, 0.4) is 0 Å². The van der Waals surface area contributed by atoms with Crippen molar-refractivity contribution in [3.8, 4) is 11.5 Å². The number of carbonyl (C=O) groups is 2. The van der Waals surface area contributed by atoms with Crippen LogP contribution < -0.4 is 20.1 Å². The molecule has 1 aromatic carbocycles. The maximum absolute atomic E-state index is 12.9. The van der Waals surface area contributed by atoms with E-state index in [0.717, 1.165) is 25.0 Å². The molecule has 28 heavy (non-hydrogen) atoms. The van der Waals surface area contributed by atoms with E-state index in [2.05, 4.69) is 15.6 Å². The first kappa shape index (κ1) is 18.3. The van der Waals surface area contributed by atoms with Crippen LogP contribution in [0, 0.1) is 0 Å². The summed E-state index contributed by atoms with van der Waals surface area (Å²) in [7, 11) is 0. The molecule has 0 radical (unpaired) electrons. The summed E-state index contributed by atoms with van der Waals surface area (Å²) in [6, 6.07) is 5.22. The third-order valence-electron chi connectivity index (χ3n) is 4.65. The molecule has 0 spiro atoms. The van der Waals surface area contributed by atoms with Gasteiger partial charge in [-0.1, -0.05) is 0 Å². The summed E-state index contributed by atoms with van der Waals surface area (Å²) in [4.78, 5) is 30.0. The van der Waals surface area contributed by atoms with Gasteiger partial charge >= 0.3 is 0 Å². The van der Waals surface area contributed by atoms with E-state index in [0.29, 0.717) is 35.2 Å². The highest BCUT2D eigenvalue weighted by molar-refractivity contribution is 6.05. The molecule has 8 nitrogen and oxygen atoms in total. The number of carbonyl (C=O) groups excluding carboxylic acids is 2. The average Bonchev–Trinajstić information content (AvgIpc) is 3.24. The molecule has 148 valence electrons. The number of hydrogen-bond donors (Lipinski definition) is 2. The molecule has 2 aliphatic rings. The quantitative estimate of drug-likeness (QED) is 0.849. The van der Waals surface area contributed by atoms with Crippen LogP contribution in [0.25, 0.3) is 0 Å². The number of ether oxygens (including phenoxy) is 2. The summed E-state index contributed by atoms with van der Waals surface area (Å²) in [5.41, 5.74) is 1.32. The number of imidazole rings is 1. The van der Waals surface area contributed by atoms with Gasteiger partial charge in [0.05, 0.1) is 5.69 Å². The lowest BCUT2D eigenvalue weighted by Gasteiger charge is -2.22. The minimum Gasteiger partial charge on any atom is -0.454 e. The van der Waals surface area contributed by atoms with E-state index in [1.54, 1.807) is 18.2 Å². The summed E-state index contributed by atoms with van der Waals surface area (Å²) in [5, 5.41) is 5.79. The van der Waals surface area contributed by atoms with Crippen LogP contribution >= 0.6 is 0 Å². The Labute approximate surface area is 163 Å². The second-order valence-electron chi connectivity index (χ2n) is 8.07. The van der Waals surface area contributed by atoms with Crippen LogP contribution in [0.2, 0.25) is 0 Å². The smallest absolute Gasteiger partial charge is 0.287 e. The number of fused-ring (bicyclic) bond motifs is 2. The SMILES string of the molecule is CC(C)(C)NC(=O)c1nc(C(=O)Nc2ccc3c(c2)OCO3)c2n1CCCC2. The molecule has 0 saturated carbocycles. The van der Waals surface area contributed by atoms with Crippen molar-refractivity contribution in [2.75, 3.05) is 12.1 Å². The van der Waals surface area contributed by atoms with E-state index < -0.39 is 0 Å². The number of hydrogen-bond acceptors (Lipinski definition) is 5. The van der Waals surface area contributed by atoms with Gasteiger partial charge in [0.15, 0.2) is 23.0 Å². The number of nitrogens with one attached hydrogen (secondary N) is 2. The van der Waals surface area contributed by atoms with E-state index in [-0.39, 0.29) is 24.1 Å². The minimum atomic E-state index is -0.382. The fourth-order valence-corrected chi connectivity index (χ4v) is 3.46. The van der Waals surface area contributed by atoms with Crippen molar-refractivity contribution in [3.63, 3.8) is 0 Å². The zero-order valence-corrected chi connectivity index (χ0v) is 16.3. The van der Waals surface area contributed by atoms with Crippen molar-refractivity contribution in [2.24, 2.45) is 0 Å². The van der Waals surface area contributed by atoms with Gasteiger partial charge in [0.1, 0.15) is 0 Å². The van der Waals surface area contributed by atoms with Crippen molar-refractivity contribution in [1.29, 1.82) is 0 Å². The monoisotopic (exact) mass is 384 g/mol. The maximum atomic E-state index is 12.9. The van der Waals surface area contributed by atoms with Gasteiger partial charge in [-0.2, -0.15) is 0 Å². The number of benzene rings is 1. The number of anilines is 1. The van der Waals surface area contributed by atoms with Gasteiger partial charge in [0.2, 0.25) is 6.79 Å². The first-order chi connectivity index (χ1) is 13.3. The Morgan fingerprint density at radius 2 is 1.89 bits per heavy atom. The largest absolute Gasteiger partial charge is 0.454 e. The minimum absolute atomic E-state index is 0.174. The molecule has 8 heteroatoms. The third-order valence-corrected chi connectivity index (χ3v) is 4.65. The van der Waals surface area contributed by atoms with Gasteiger partial charge in [-0.15, -0.1) is 0 Å². The molecule has 0 unspecified atom stereocenters. The van der Waals surface area contributed by atoms with Gasteiger partial charge in [-0.3, -0.25) is 9.59 Å².